The van der Waals surface area contributed by atoms with E-state index in [0.29, 0.717) is 0 Å². The Bertz CT molecular complexity index is 159. The van der Waals surface area contributed by atoms with Gasteiger partial charge in [0.05, 0.1) is 0 Å². The van der Waals surface area contributed by atoms with Crippen molar-refractivity contribution in [2.24, 2.45) is 5.92 Å². The van der Waals surface area contributed by atoms with E-state index in [1.807, 2.05) is 0 Å². The minimum atomic E-state index is 0.819. The summed E-state index contributed by atoms with van der Waals surface area (Å²) in [5.74, 6) is 0.839. The van der Waals surface area contributed by atoms with Crippen molar-refractivity contribution in [1.29, 1.82) is 0 Å². The molecular formula is C13H28N2. The highest BCUT2D eigenvalue weighted by Crippen LogP contribution is 2.14. The van der Waals surface area contributed by atoms with Crippen molar-refractivity contribution in [2.45, 2.75) is 52.5 Å². The van der Waals surface area contributed by atoms with Crippen LogP contribution in [0.4, 0.5) is 0 Å². The Kier molecular flexibility index (Phi) is 6.26. The third kappa shape index (κ3) is 4.98. The second kappa shape index (κ2) is 7.24. The van der Waals surface area contributed by atoms with Gasteiger partial charge in [-0.05, 0) is 45.2 Å². The molecule has 0 aromatic carbocycles. The van der Waals surface area contributed by atoms with Gasteiger partial charge in [-0.15, -0.1) is 0 Å². The molecule has 15 heavy (non-hydrogen) atoms. The van der Waals surface area contributed by atoms with Gasteiger partial charge in [0.25, 0.3) is 0 Å². The predicted octanol–water partition coefficient (Wildman–Crippen LogP) is 2.50. The van der Waals surface area contributed by atoms with Crippen LogP contribution in [0.15, 0.2) is 0 Å². The van der Waals surface area contributed by atoms with Crippen LogP contribution in [0, 0.1) is 5.92 Å². The molecule has 2 unspecified atom stereocenters. The number of hydrogen-bond donors (Lipinski definition) is 1. The fraction of sp³-hybridized carbons (Fsp3) is 1.00. The van der Waals surface area contributed by atoms with Gasteiger partial charge in [0.15, 0.2) is 0 Å². The molecule has 0 aliphatic carbocycles. The number of likely N-dealkylation sites (tertiary alicyclic amines) is 1. The molecule has 1 heterocycles. The smallest absolute Gasteiger partial charge is 0.0110 e. The van der Waals surface area contributed by atoms with E-state index < -0.39 is 0 Å². The summed E-state index contributed by atoms with van der Waals surface area (Å²) in [5, 5.41) is 3.58. The molecule has 2 nitrogen and oxygen atoms in total. The van der Waals surface area contributed by atoms with E-state index >= 15 is 0 Å². The molecule has 0 aromatic rings. The minimum Gasteiger partial charge on any atom is -0.315 e. The summed E-state index contributed by atoms with van der Waals surface area (Å²) >= 11 is 0. The summed E-state index contributed by atoms with van der Waals surface area (Å²) < 4.78 is 0. The summed E-state index contributed by atoms with van der Waals surface area (Å²) in [4.78, 5) is 2.61. The first-order valence-electron chi connectivity index (χ1n) is 6.68. The average Bonchev–Trinajstić information content (AvgIpc) is 2.60. The number of hydrogen-bond acceptors (Lipinski definition) is 2. The fourth-order valence-electron chi connectivity index (χ4n) is 2.49. The summed E-state index contributed by atoms with van der Waals surface area (Å²) in [7, 11) is 0. The molecule has 1 saturated heterocycles. The van der Waals surface area contributed by atoms with Gasteiger partial charge in [-0.1, -0.05) is 20.3 Å². The predicted molar refractivity (Wildman–Crippen MR) is 67.2 cm³/mol. The lowest BCUT2D eigenvalue weighted by molar-refractivity contribution is 0.266. The van der Waals surface area contributed by atoms with Crippen LogP contribution in [0.25, 0.3) is 0 Å². The molecule has 0 amide bonds. The highest BCUT2D eigenvalue weighted by molar-refractivity contribution is 4.75. The summed E-state index contributed by atoms with van der Waals surface area (Å²) in [6, 6.07) is 0.819. The Balaban J connectivity index is 1.96. The third-order valence-electron chi connectivity index (χ3n) is 3.54. The van der Waals surface area contributed by atoms with Gasteiger partial charge in [-0.25, -0.2) is 0 Å². The lowest BCUT2D eigenvalue weighted by atomic mass is 10.1. The van der Waals surface area contributed by atoms with E-state index in [-0.39, 0.29) is 0 Å². The molecule has 0 saturated carbocycles. The van der Waals surface area contributed by atoms with Crippen molar-refractivity contribution in [2.75, 3.05) is 26.2 Å². The molecule has 2 heteroatoms. The van der Waals surface area contributed by atoms with Crippen molar-refractivity contribution >= 4 is 0 Å². The third-order valence-corrected chi connectivity index (χ3v) is 3.54. The normalized spacial score (nSPS) is 24.6. The number of nitrogens with zero attached hydrogens (tertiary/aromatic N) is 1. The lowest BCUT2D eigenvalue weighted by Crippen LogP contribution is -2.35. The summed E-state index contributed by atoms with van der Waals surface area (Å²) in [6.07, 6.45) is 5.46. The van der Waals surface area contributed by atoms with Crippen molar-refractivity contribution in [3.8, 4) is 0 Å². The van der Waals surface area contributed by atoms with Crippen LogP contribution in [0.3, 0.4) is 0 Å². The largest absolute Gasteiger partial charge is 0.315 e. The van der Waals surface area contributed by atoms with Gasteiger partial charge in [0, 0.05) is 19.1 Å². The first-order chi connectivity index (χ1) is 7.24. The zero-order chi connectivity index (χ0) is 11.1. The SMILES string of the molecule is CCCC(C)CNCCN1CCCC1C. The quantitative estimate of drug-likeness (QED) is 0.652. The molecule has 1 fully saturated rings. The zero-order valence-electron chi connectivity index (χ0n) is 10.8. The number of rotatable bonds is 7. The van der Waals surface area contributed by atoms with Crippen LogP contribution in [-0.4, -0.2) is 37.1 Å². The molecule has 1 N–H and O–H groups in total. The highest BCUT2D eigenvalue weighted by Gasteiger charge is 2.18. The Labute approximate surface area is 95.4 Å². The first-order valence-corrected chi connectivity index (χ1v) is 6.68. The zero-order valence-corrected chi connectivity index (χ0v) is 10.8. The Morgan fingerprint density at radius 3 is 2.87 bits per heavy atom. The van der Waals surface area contributed by atoms with Crippen LogP contribution in [0.5, 0.6) is 0 Å². The van der Waals surface area contributed by atoms with E-state index in [1.54, 1.807) is 0 Å². The van der Waals surface area contributed by atoms with Crippen molar-refractivity contribution < 1.29 is 0 Å². The van der Waals surface area contributed by atoms with Crippen LogP contribution in [-0.2, 0) is 0 Å². The maximum absolute atomic E-state index is 3.58. The van der Waals surface area contributed by atoms with E-state index in [2.05, 4.69) is 31.0 Å². The average molecular weight is 212 g/mol. The van der Waals surface area contributed by atoms with E-state index in [4.69, 9.17) is 0 Å². The second-order valence-electron chi connectivity index (χ2n) is 5.13. The van der Waals surface area contributed by atoms with Crippen LogP contribution >= 0.6 is 0 Å². The van der Waals surface area contributed by atoms with E-state index in [1.165, 1.54) is 51.9 Å². The molecule has 0 aromatic heterocycles. The van der Waals surface area contributed by atoms with Gasteiger partial charge in [0.1, 0.15) is 0 Å². The molecule has 1 aliphatic heterocycles. The lowest BCUT2D eigenvalue weighted by Gasteiger charge is -2.21. The summed E-state index contributed by atoms with van der Waals surface area (Å²) in [5.41, 5.74) is 0. The topological polar surface area (TPSA) is 15.3 Å². The maximum atomic E-state index is 3.58. The van der Waals surface area contributed by atoms with Crippen molar-refractivity contribution in [3.05, 3.63) is 0 Å². The molecule has 0 radical (unpaired) electrons. The Morgan fingerprint density at radius 1 is 1.47 bits per heavy atom. The number of nitrogens with one attached hydrogen (secondary N) is 1. The van der Waals surface area contributed by atoms with Gasteiger partial charge in [0.2, 0.25) is 0 Å². The minimum absolute atomic E-state index is 0.819. The van der Waals surface area contributed by atoms with Crippen LogP contribution in [0.2, 0.25) is 0 Å². The van der Waals surface area contributed by atoms with Gasteiger partial charge in [-0.3, -0.25) is 4.90 Å². The highest BCUT2D eigenvalue weighted by atomic mass is 15.2. The van der Waals surface area contributed by atoms with E-state index in [9.17, 15) is 0 Å². The molecular weight excluding hydrogens is 184 g/mol. The molecule has 0 bridgehead atoms. The van der Waals surface area contributed by atoms with Crippen molar-refractivity contribution in [1.82, 2.24) is 10.2 Å². The maximum Gasteiger partial charge on any atom is 0.0110 e. The Hall–Kier alpha value is -0.0800. The second-order valence-corrected chi connectivity index (χ2v) is 5.13. The van der Waals surface area contributed by atoms with Crippen molar-refractivity contribution in [3.63, 3.8) is 0 Å². The van der Waals surface area contributed by atoms with E-state index in [0.717, 1.165) is 12.0 Å². The van der Waals surface area contributed by atoms with Gasteiger partial charge in [-0.2, -0.15) is 0 Å². The molecule has 1 rings (SSSR count). The molecule has 2 atom stereocenters. The fourth-order valence-corrected chi connectivity index (χ4v) is 2.49. The molecule has 90 valence electrons. The van der Waals surface area contributed by atoms with Gasteiger partial charge >= 0.3 is 0 Å². The van der Waals surface area contributed by atoms with Gasteiger partial charge < -0.3 is 5.32 Å². The monoisotopic (exact) mass is 212 g/mol. The molecule has 0 spiro atoms. The van der Waals surface area contributed by atoms with Crippen LogP contribution in [0.1, 0.15) is 46.5 Å². The molecule has 1 aliphatic rings. The summed E-state index contributed by atoms with van der Waals surface area (Å²) in [6.45, 7) is 11.9. The Morgan fingerprint density at radius 2 is 2.27 bits per heavy atom. The van der Waals surface area contributed by atoms with Crippen LogP contribution < -0.4 is 5.32 Å². The first kappa shape index (κ1) is 13.0. The standard InChI is InChI=1S/C13H28N2/c1-4-6-12(2)11-14-8-10-15-9-5-7-13(15)3/h12-14H,4-11H2,1-3H3.